The molecule has 88 valence electrons. The second-order valence-electron chi connectivity index (χ2n) is 6.52. The van der Waals surface area contributed by atoms with E-state index < -0.39 is 0 Å². The van der Waals surface area contributed by atoms with Crippen LogP contribution in [0.3, 0.4) is 0 Å². The van der Waals surface area contributed by atoms with Crippen molar-refractivity contribution in [3.63, 3.8) is 0 Å². The molecule has 2 atom stereocenters. The largest absolute Gasteiger partial charge is 0.490 e. The van der Waals surface area contributed by atoms with Gasteiger partial charge in [-0.1, -0.05) is 6.08 Å². The van der Waals surface area contributed by atoms with Gasteiger partial charge in [-0.15, -0.1) is 0 Å². The Hall–Kier alpha value is -0.275. The summed E-state index contributed by atoms with van der Waals surface area (Å²) in [6.45, 7) is 8.50. The molecule has 2 unspecified atom stereocenters. The Kier molecular flexibility index (Phi) is 2.13. The van der Waals surface area contributed by atoms with E-state index in [4.69, 9.17) is 9.31 Å². The van der Waals surface area contributed by atoms with Crippen LogP contribution in [0, 0.1) is 11.8 Å². The van der Waals surface area contributed by atoms with Gasteiger partial charge in [-0.2, -0.15) is 0 Å². The molecule has 0 N–H and O–H groups in total. The summed E-state index contributed by atoms with van der Waals surface area (Å²) in [5.41, 5.74) is 1.04. The molecule has 2 nitrogen and oxygen atoms in total. The molecule has 0 amide bonds. The van der Waals surface area contributed by atoms with Crippen LogP contribution in [-0.4, -0.2) is 18.3 Å². The molecule has 2 bridgehead atoms. The fraction of sp³-hybridized carbons (Fsp3) is 0.846. The molecule has 0 aromatic rings. The Bertz CT molecular complexity index is 330. The van der Waals surface area contributed by atoms with Crippen molar-refractivity contribution in [2.75, 3.05) is 0 Å². The highest BCUT2D eigenvalue weighted by Gasteiger charge is 2.54. The van der Waals surface area contributed by atoms with Gasteiger partial charge >= 0.3 is 7.12 Å². The second kappa shape index (κ2) is 3.14. The summed E-state index contributed by atoms with van der Waals surface area (Å²) in [6.07, 6.45) is 6.45. The molecular weight excluding hydrogens is 199 g/mol. The number of hydrogen-bond donors (Lipinski definition) is 0. The first kappa shape index (κ1) is 10.9. The predicted molar refractivity (Wildman–Crippen MR) is 65.0 cm³/mol. The normalized spacial score (nSPS) is 39.2. The van der Waals surface area contributed by atoms with E-state index in [0.717, 1.165) is 11.8 Å². The van der Waals surface area contributed by atoms with E-state index in [1.54, 1.807) is 0 Å². The SMILES string of the molecule is CC1(C)OB(C2=CC3CCC2C3)OC1(C)C. The molecule has 2 fully saturated rings. The molecule has 0 aromatic carbocycles. The quantitative estimate of drug-likeness (QED) is 0.632. The van der Waals surface area contributed by atoms with Crippen molar-refractivity contribution in [2.24, 2.45) is 11.8 Å². The van der Waals surface area contributed by atoms with Crippen LogP contribution in [0.25, 0.3) is 0 Å². The van der Waals surface area contributed by atoms with Crippen LogP contribution in [-0.2, 0) is 9.31 Å². The van der Waals surface area contributed by atoms with Crippen molar-refractivity contribution >= 4 is 7.12 Å². The maximum Gasteiger partial charge on any atom is 0.490 e. The van der Waals surface area contributed by atoms with E-state index >= 15 is 0 Å². The monoisotopic (exact) mass is 220 g/mol. The average Bonchev–Trinajstić information content (AvgIpc) is 2.79. The van der Waals surface area contributed by atoms with Crippen LogP contribution in [0.15, 0.2) is 11.5 Å². The third-order valence-electron chi connectivity index (χ3n) is 4.90. The minimum atomic E-state index is -0.194. The zero-order chi connectivity index (χ0) is 11.6. The standard InChI is InChI=1S/C13H21BO2/c1-12(2)13(3,4)16-14(15-12)11-8-9-5-6-10(11)7-9/h8-10H,5-7H2,1-4H3. The summed E-state index contributed by atoms with van der Waals surface area (Å²) >= 11 is 0. The zero-order valence-electron chi connectivity index (χ0n) is 10.7. The molecule has 1 aliphatic heterocycles. The van der Waals surface area contributed by atoms with Crippen molar-refractivity contribution in [1.82, 2.24) is 0 Å². The van der Waals surface area contributed by atoms with E-state index in [1.807, 2.05) is 0 Å². The minimum absolute atomic E-state index is 0.0831. The van der Waals surface area contributed by atoms with E-state index in [-0.39, 0.29) is 18.3 Å². The average molecular weight is 220 g/mol. The van der Waals surface area contributed by atoms with Gasteiger partial charge in [0.05, 0.1) is 11.2 Å². The molecule has 0 spiro atoms. The third kappa shape index (κ3) is 1.41. The molecule has 2 aliphatic carbocycles. The van der Waals surface area contributed by atoms with Crippen molar-refractivity contribution in [2.45, 2.75) is 58.2 Å². The summed E-state index contributed by atoms with van der Waals surface area (Å²) in [5.74, 6) is 1.54. The first-order chi connectivity index (χ1) is 7.39. The van der Waals surface area contributed by atoms with E-state index in [9.17, 15) is 0 Å². The topological polar surface area (TPSA) is 18.5 Å². The fourth-order valence-electron chi connectivity index (χ4n) is 3.13. The molecule has 0 radical (unpaired) electrons. The van der Waals surface area contributed by atoms with Gasteiger partial charge < -0.3 is 9.31 Å². The smallest absolute Gasteiger partial charge is 0.400 e. The molecule has 1 saturated carbocycles. The van der Waals surface area contributed by atoms with Gasteiger partial charge in [0.25, 0.3) is 0 Å². The lowest BCUT2D eigenvalue weighted by atomic mass is 9.71. The summed E-state index contributed by atoms with van der Waals surface area (Å²) in [4.78, 5) is 0. The van der Waals surface area contributed by atoms with Crippen molar-refractivity contribution < 1.29 is 9.31 Å². The van der Waals surface area contributed by atoms with Gasteiger partial charge in [-0.3, -0.25) is 0 Å². The molecular formula is C13H21BO2. The molecule has 3 aliphatic rings. The molecule has 3 heteroatoms. The Balaban J connectivity index is 1.82. The van der Waals surface area contributed by atoms with Gasteiger partial charge in [-0.25, -0.2) is 0 Å². The Morgan fingerprint density at radius 1 is 1.12 bits per heavy atom. The van der Waals surface area contributed by atoms with E-state index in [0.29, 0.717) is 0 Å². The molecule has 16 heavy (non-hydrogen) atoms. The van der Waals surface area contributed by atoms with Crippen molar-refractivity contribution in [3.8, 4) is 0 Å². The summed E-state index contributed by atoms with van der Waals surface area (Å²) in [6, 6.07) is 0. The van der Waals surface area contributed by atoms with Gasteiger partial charge in [-0.05, 0) is 64.3 Å². The lowest BCUT2D eigenvalue weighted by Gasteiger charge is -2.32. The Morgan fingerprint density at radius 3 is 2.19 bits per heavy atom. The van der Waals surface area contributed by atoms with Crippen LogP contribution in [0.4, 0.5) is 0 Å². The zero-order valence-corrected chi connectivity index (χ0v) is 10.7. The maximum absolute atomic E-state index is 6.11. The van der Waals surface area contributed by atoms with Crippen LogP contribution in [0.5, 0.6) is 0 Å². The first-order valence-corrected chi connectivity index (χ1v) is 6.46. The van der Waals surface area contributed by atoms with Crippen LogP contribution in [0.2, 0.25) is 0 Å². The number of allylic oxidation sites excluding steroid dienone is 2. The Morgan fingerprint density at radius 2 is 1.75 bits per heavy atom. The molecule has 0 aromatic heterocycles. The summed E-state index contributed by atoms with van der Waals surface area (Å²) < 4.78 is 12.2. The molecule has 1 saturated heterocycles. The second-order valence-corrected chi connectivity index (χ2v) is 6.52. The Labute approximate surface area is 98.5 Å². The molecule has 1 heterocycles. The highest BCUT2D eigenvalue weighted by molar-refractivity contribution is 6.55. The molecule has 3 rings (SSSR count). The van der Waals surface area contributed by atoms with Gasteiger partial charge in [0, 0.05) is 0 Å². The number of hydrogen-bond acceptors (Lipinski definition) is 2. The lowest BCUT2D eigenvalue weighted by Crippen LogP contribution is -2.41. The maximum atomic E-state index is 6.11. The minimum Gasteiger partial charge on any atom is -0.400 e. The van der Waals surface area contributed by atoms with Gasteiger partial charge in [0.2, 0.25) is 0 Å². The predicted octanol–water partition coefficient (Wildman–Crippen LogP) is 2.97. The van der Waals surface area contributed by atoms with Crippen LogP contribution >= 0.6 is 0 Å². The number of rotatable bonds is 1. The highest BCUT2D eigenvalue weighted by atomic mass is 16.7. The van der Waals surface area contributed by atoms with Gasteiger partial charge in [0.15, 0.2) is 0 Å². The highest BCUT2D eigenvalue weighted by Crippen LogP contribution is 2.48. The van der Waals surface area contributed by atoms with Crippen molar-refractivity contribution in [3.05, 3.63) is 11.5 Å². The third-order valence-corrected chi connectivity index (χ3v) is 4.90. The number of fused-ring (bicyclic) bond motifs is 2. The fourth-order valence-corrected chi connectivity index (χ4v) is 3.13. The summed E-state index contributed by atoms with van der Waals surface area (Å²) in [7, 11) is -0.0831. The van der Waals surface area contributed by atoms with Crippen LogP contribution < -0.4 is 0 Å². The van der Waals surface area contributed by atoms with E-state index in [1.165, 1.54) is 24.7 Å². The lowest BCUT2D eigenvalue weighted by molar-refractivity contribution is 0.00578. The summed E-state index contributed by atoms with van der Waals surface area (Å²) in [5, 5.41) is 0. The van der Waals surface area contributed by atoms with E-state index in [2.05, 4.69) is 33.8 Å². The first-order valence-electron chi connectivity index (χ1n) is 6.46. The van der Waals surface area contributed by atoms with Gasteiger partial charge in [0.1, 0.15) is 0 Å². The van der Waals surface area contributed by atoms with Crippen LogP contribution in [0.1, 0.15) is 47.0 Å². The van der Waals surface area contributed by atoms with Crippen molar-refractivity contribution in [1.29, 1.82) is 0 Å².